The zero-order chi connectivity index (χ0) is 16.2. The molecule has 0 bridgehead atoms. The molecule has 1 atom stereocenters. The van der Waals surface area contributed by atoms with Gasteiger partial charge in [-0.1, -0.05) is 13.3 Å². The molecular formula is C14H26N4O3. The summed E-state index contributed by atoms with van der Waals surface area (Å²) in [6.07, 6.45) is 1.45. The summed E-state index contributed by atoms with van der Waals surface area (Å²) in [5.41, 5.74) is 0.853. The number of hydrogen-bond acceptors (Lipinski definition) is 5. The first-order valence-electron chi connectivity index (χ1n) is 7.29. The predicted molar refractivity (Wildman–Crippen MR) is 81.4 cm³/mol. The lowest BCUT2D eigenvalue weighted by atomic mass is 9.99. The molecule has 1 heterocycles. The first kappa shape index (κ1) is 17.6. The zero-order valence-corrected chi connectivity index (χ0v) is 13.5. The van der Waals surface area contributed by atoms with Gasteiger partial charge in [-0.3, -0.25) is 14.8 Å². The number of aryl methyl sites for hydroxylation is 1. The fourth-order valence-electron chi connectivity index (χ4n) is 2.50. The van der Waals surface area contributed by atoms with E-state index in [1.807, 2.05) is 0 Å². The molecular weight excluding hydrogens is 272 g/mol. The molecule has 0 aliphatic carbocycles. The van der Waals surface area contributed by atoms with Crippen molar-refractivity contribution in [2.75, 3.05) is 6.54 Å². The van der Waals surface area contributed by atoms with Crippen LogP contribution >= 0.6 is 0 Å². The van der Waals surface area contributed by atoms with Crippen LogP contribution in [0.5, 0.6) is 0 Å². The minimum atomic E-state index is -0.640. The SMILES string of the molecule is CCCC(C)(C)NCC(O)Cn1nc(C)c([N+](=O)[O-])c1C. The maximum Gasteiger partial charge on any atom is 0.312 e. The Morgan fingerprint density at radius 3 is 2.57 bits per heavy atom. The summed E-state index contributed by atoms with van der Waals surface area (Å²) in [4.78, 5) is 10.5. The number of β-amino-alcohol motifs (C(OH)–C–C–N with tert-alkyl or cyclic N) is 1. The van der Waals surface area contributed by atoms with Crippen molar-refractivity contribution in [1.82, 2.24) is 15.1 Å². The Morgan fingerprint density at radius 1 is 1.48 bits per heavy atom. The highest BCUT2D eigenvalue weighted by atomic mass is 16.6. The Kier molecular flexibility index (Phi) is 5.86. The monoisotopic (exact) mass is 298 g/mol. The second-order valence-corrected chi connectivity index (χ2v) is 6.13. The van der Waals surface area contributed by atoms with Crippen LogP contribution in [0, 0.1) is 24.0 Å². The third-order valence-corrected chi connectivity index (χ3v) is 3.60. The molecule has 0 amide bonds. The van der Waals surface area contributed by atoms with E-state index in [2.05, 4.69) is 31.2 Å². The van der Waals surface area contributed by atoms with Gasteiger partial charge in [0.2, 0.25) is 0 Å². The van der Waals surface area contributed by atoms with Crippen LogP contribution in [0.15, 0.2) is 0 Å². The van der Waals surface area contributed by atoms with E-state index in [0.717, 1.165) is 12.8 Å². The Labute approximate surface area is 125 Å². The summed E-state index contributed by atoms with van der Waals surface area (Å²) in [5.74, 6) is 0. The lowest BCUT2D eigenvalue weighted by molar-refractivity contribution is -0.386. The highest BCUT2D eigenvalue weighted by Gasteiger charge is 2.23. The van der Waals surface area contributed by atoms with Crippen LogP contribution in [0.25, 0.3) is 0 Å². The lowest BCUT2D eigenvalue weighted by Crippen LogP contribution is -2.44. The molecule has 7 heteroatoms. The van der Waals surface area contributed by atoms with E-state index in [0.29, 0.717) is 17.9 Å². The molecule has 0 aliphatic heterocycles. The summed E-state index contributed by atoms with van der Waals surface area (Å²) >= 11 is 0. The van der Waals surface area contributed by atoms with Gasteiger partial charge in [-0.2, -0.15) is 5.10 Å². The number of rotatable bonds is 8. The number of nitro groups is 1. The fourth-order valence-corrected chi connectivity index (χ4v) is 2.50. The van der Waals surface area contributed by atoms with Crippen molar-refractivity contribution in [1.29, 1.82) is 0 Å². The van der Waals surface area contributed by atoms with Crippen LogP contribution in [0.2, 0.25) is 0 Å². The summed E-state index contributed by atoms with van der Waals surface area (Å²) in [5, 5.41) is 28.5. The Morgan fingerprint density at radius 2 is 2.10 bits per heavy atom. The molecule has 0 aromatic carbocycles. The van der Waals surface area contributed by atoms with E-state index in [4.69, 9.17) is 0 Å². The van der Waals surface area contributed by atoms with Gasteiger partial charge in [0.15, 0.2) is 0 Å². The molecule has 1 aromatic rings. The van der Waals surface area contributed by atoms with Crippen LogP contribution in [0.1, 0.15) is 45.0 Å². The fraction of sp³-hybridized carbons (Fsp3) is 0.786. The molecule has 0 spiro atoms. The quantitative estimate of drug-likeness (QED) is 0.565. The Bertz CT molecular complexity index is 497. The molecule has 0 aliphatic rings. The second-order valence-electron chi connectivity index (χ2n) is 6.13. The third kappa shape index (κ3) is 4.78. The van der Waals surface area contributed by atoms with Gasteiger partial charge >= 0.3 is 5.69 Å². The lowest BCUT2D eigenvalue weighted by Gasteiger charge is -2.27. The first-order chi connectivity index (χ1) is 9.68. The number of nitrogens with one attached hydrogen (secondary N) is 1. The summed E-state index contributed by atoms with van der Waals surface area (Å²) in [7, 11) is 0. The molecule has 120 valence electrons. The van der Waals surface area contributed by atoms with Gasteiger partial charge in [-0.25, -0.2) is 0 Å². The topological polar surface area (TPSA) is 93.2 Å². The number of aliphatic hydroxyl groups is 1. The van der Waals surface area contributed by atoms with Gasteiger partial charge in [0.05, 0.1) is 17.6 Å². The molecule has 7 nitrogen and oxygen atoms in total. The van der Waals surface area contributed by atoms with E-state index < -0.39 is 11.0 Å². The van der Waals surface area contributed by atoms with Crippen LogP contribution in [0.3, 0.4) is 0 Å². The zero-order valence-electron chi connectivity index (χ0n) is 13.5. The maximum absolute atomic E-state index is 10.9. The molecule has 1 aromatic heterocycles. The van der Waals surface area contributed by atoms with Gasteiger partial charge in [0, 0.05) is 12.1 Å². The molecule has 0 radical (unpaired) electrons. The molecule has 0 saturated carbocycles. The van der Waals surface area contributed by atoms with E-state index in [1.54, 1.807) is 13.8 Å². The standard InChI is InChI=1S/C14H26N4O3/c1-6-7-14(4,5)15-8-12(19)9-17-11(3)13(18(20)21)10(2)16-17/h12,15,19H,6-9H2,1-5H3. The number of nitrogens with zero attached hydrogens (tertiary/aromatic N) is 3. The molecule has 21 heavy (non-hydrogen) atoms. The van der Waals surface area contributed by atoms with Gasteiger partial charge in [-0.15, -0.1) is 0 Å². The number of hydrogen-bond donors (Lipinski definition) is 2. The van der Waals surface area contributed by atoms with E-state index in [1.165, 1.54) is 4.68 Å². The van der Waals surface area contributed by atoms with Gasteiger partial charge in [-0.05, 0) is 34.1 Å². The molecule has 0 saturated heterocycles. The first-order valence-corrected chi connectivity index (χ1v) is 7.29. The Balaban J connectivity index is 2.66. The van der Waals surface area contributed by atoms with Crippen molar-refractivity contribution in [2.45, 2.75) is 65.6 Å². The maximum atomic E-state index is 10.9. The third-order valence-electron chi connectivity index (χ3n) is 3.60. The van der Waals surface area contributed by atoms with Gasteiger partial charge < -0.3 is 10.4 Å². The van der Waals surface area contributed by atoms with Crippen molar-refractivity contribution >= 4 is 5.69 Å². The van der Waals surface area contributed by atoms with Crippen molar-refractivity contribution in [3.8, 4) is 0 Å². The van der Waals surface area contributed by atoms with Crippen LogP contribution in [-0.4, -0.2) is 38.0 Å². The summed E-state index contributed by atoms with van der Waals surface area (Å²) in [6, 6.07) is 0. The number of aromatic nitrogens is 2. The van der Waals surface area contributed by atoms with Gasteiger partial charge in [0.25, 0.3) is 0 Å². The predicted octanol–water partition coefficient (Wildman–Crippen LogP) is 1.94. The van der Waals surface area contributed by atoms with Crippen molar-refractivity contribution in [3.05, 3.63) is 21.5 Å². The molecule has 1 rings (SSSR count). The largest absolute Gasteiger partial charge is 0.390 e. The minimum absolute atomic E-state index is 0.0291. The minimum Gasteiger partial charge on any atom is -0.390 e. The molecule has 0 fully saturated rings. The highest BCUT2D eigenvalue weighted by molar-refractivity contribution is 5.39. The average Bonchev–Trinajstić information content (AvgIpc) is 2.62. The second kappa shape index (κ2) is 7.00. The van der Waals surface area contributed by atoms with Crippen molar-refractivity contribution in [3.63, 3.8) is 0 Å². The average molecular weight is 298 g/mol. The van der Waals surface area contributed by atoms with Crippen LogP contribution in [0.4, 0.5) is 5.69 Å². The smallest absolute Gasteiger partial charge is 0.312 e. The Hall–Kier alpha value is -1.47. The summed E-state index contributed by atoms with van der Waals surface area (Å²) < 4.78 is 1.51. The van der Waals surface area contributed by atoms with E-state index in [-0.39, 0.29) is 17.8 Å². The van der Waals surface area contributed by atoms with E-state index in [9.17, 15) is 15.2 Å². The van der Waals surface area contributed by atoms with Gasteiger partial charge in [0.1, 0.15) is 11.4 Å². The number of aliphatic hydroxyl groups excluding tert-OH is 1. The normalized spacial score (nSPS) is 13.4. The molecule has 2 N–H and O–H groups in total. The van der Waals surface area contributed by atoms with Crippen molar-refractivity contribution in [2.24, 2.45) is 0 Å². The van der Waals surface area contributed by atoms with E-state index >= 15 is 0 Å². The molecule has 1 unspecified atom stereocenters. The van der Waals surface area contributed by atoms with Crippen LogP contribution < -0.4 is 5.32 Å². The highest BCUT2D eigenvalue weighted by Crippen LogP contribution is 2.21. The van der Waals surface area contributed by atoms with Crippen molar-refractivity contribution < 1.29 is 10.0 Å². The van der Waals surface area contributed by atoms with Crippen LogP contribution in [-0.2, 0) is 6.54 Å². The summed E-state index contributed by atoms with van der Waals surface area (Å²) in [6.45, 7) is 10.2.